The lowest BCUT2D eigenvalue weighted by molar-refractivity contribution is 0.397. The molecule has 0 aliphatic heterocycles. The van der Waals surface area contributed by atoms with Crippen LogP contribution in [0.25, 0.3) is 0 Å². The summed E-state index contributed by atoms with van der Waals surface area (Å²) in [7, 11) is 1.52. The Bertz CT molecular complexity index is 797. The van der Waals surface area contributed by atoms with Gasteiger partial charge in [0.05, 0.1) is 7.11 Å². The first kappa shape index (κ1) is 19.1. The monoisotopic (exact) mass is 410 g/mol. The molecule has 3 rings (SSSR count). The van der Waals surface area contributed by atoms with E-state index in [1.54, 1.807) is 0 Å². The Balaban J connectivity index is 1.68. The van der Waals surface area contributed by atoms with Gasteiger partial charge in [0, 0.05) is 23.0 Å². The van der Waals surface area contributed by atoms with Gasteiger partial charge < -0.3 is 15.4 Å². The molecule has 26 heavy (non-hydrogen) atoms. The minimum absolute atomic E-state index is 0.0313. The highest BCUT2D eigenvalue weighted by Crippen LogP contribution is 2.41. The third-order valence-electron chi connectivity index (χ3n) is 4.69. The van der Waals surface area contributed by atoms with Crippen molar-refractivity contribution in [3.05, 3.63) is 46.1 Å². The van der Waals surface area contributed by atoms with E-state index in [2.05, 4.69) is 32.7 Å². The maximum Gasteiger partial charge on any atom is 0.233 e. The summed E-state index contributed by atoms with van der Waals surface area (Å²) in [6, 6.07) is 9.63. The molecule has 1 saturated carbocycles. The van der Waals surface area contributed by atoms with E-state index in [9.17, 15) is 0 Å². The van der Waals surface area contributed by atoms with E-state index in [1.807, 2.05) is 12.1 Å². The molecule has 1 heterocycles. The summed E-state index contributed by atoms with van der Waals surface area (Å²) >= 11 is 17.6. The van der Waals surface area contributed by atoms with Crippen molar-refractivity contribution >= 4 is 46.5 Å². The van der Waals surface area contributed by atoms with Crippen molar-refractivity contribution in [2.45, 2.75) is 31.1 Å². The van der Waals surface area contributed by atoms with Gasteiger partial charge in [0.2, 0.25) is 11.8 Å². The quantitative estimate of drug-likeness (QED) is 0.555. The normalized spacial score (nSPS) is 15.5. The van der Waals surface area contributed by atoms with E-state index in [0.717, 1.165) is 24.4 Å². The van der Waals surface area contributed by atoms with E-state index in [0.29, 0.717) is 16.9 Å². The Kier molecular flexibility index (Phi) is 6.16. The van der Waals surface area contributed by atoms with Gasteiger partial charge in [0.25, 0.3) is 0 Å². The van der Waals surface area contributed by atoms with Crippen LogP contribution in [0.15, 0.2) is 30.3 Å². The molecular formula is C18H20Cl2N4OS. The van der Waals surface area contributed by atoms with Crippen molar-refractivity contribution in [2.24, 2.45) is 0 Å². The van der Waals surface area contributed by atoms with Gasteiger partial charge in [0.15, 0.2) is 5.11 Å². The van der Waals surface area contributed by atoms with Gasteiger partial charge in [-0.2, -0.15) is 4.98 Å². The van der Waals surface area contributed by atoms with Crippen molar-refractivity contribution in [1.82, 2.24) is 15.3 Å². The van der Waals surface area contributed by atoms with Gasteiger partial charge in [-0.05, 0) is 42.8 Å². The molecule has 0 spiro atoms. The molecule has 0 radical (unpaired) electrons. The lowest BCUT2D eigenvalue weighted by atomic mass is 9.79. The predicted octanol–water partition coefficient (Wildman–Crippen LogP) is 4.59. The fourth-order valence-corrected chi connectivity index (χ4v) is 3.92. The Morgan fingerprint density at radius 1 is 1.23 bits per heavy atom. The summed E-state index contributed by atoms with van der Waals surface area (Å²) < 4.78 is 5.09. The Labute approximate surface area is 168 Å². The second-order valence-corrected chi connectivity index (χ2v) is 7.59. The average molecular weight is 411 g/mol. The molecule has 1 aliphatic carbocycles. The van der Waals surface area contributed by atoms with E-state index >= 15 is 0 Å². The largest absolute Gasteiger partial charge is 0.481 e. The number of nitrogens with one attached hydrogen (secondary N) is 2. The molecule has 1 aromatic carbocycles. The van der Waals surface area contributed by atoms with Gasteiger partial charge in [-0.15, -0.1) is 0 Å². The number of aromatic nitrogens is 2. The SMILES string of the molecule is COc1cc(Cl)nc(NC(=S)NCC2(c3cccc(Cl)c3)CCCC2)n1. The first-order valence-electron chi connectivity index (χ1n) is 8.40. The summed E-state index contributed by atoms with van der Waals surface area (Å²) in [6.45, 7) is 0.719. The summed E-state index contributed by atoms with van der Waals surface area (Å²) in [4.78, 5) is 8.29. The van der Waals surface area contributed by atoms with Crippen molar-refractivity contribution in [1.29, 1.82) is 0 Å². The number of nitrogens with zero attached hydrogens (tertiary/aromatic N) is 2. The van der Waals surface area contributed by atoms with Gasteiger partial charge in [-0.3, -0.25) is 0 Å². The van der Waals surface area contributed by atoms with Crippen LogP contribution in [0.4, 0.5) is 5.95 Å². The van der Waals surface area contributed by atoms with Crippen LogP contribution < -0.4 is 15.4 Å². The number of hydrogen-bond acceptors (Lipinski definition) is 4. The lowest BCUT2D eigenvalue weighted by Crippen LogP contribution is -2.41. The van der Waals surface area contributed by atoms with E-state index < -0.39 is 0 Å². The lowest BCUT2D eigenvalue weighted by Gasteiger charge is -2.30. The molecule has 2 N–H and O–H groups in total. The topological polar surface area (TPSA) is 59.1 Å². The van der Waals surface area contributed by atoms with Crippen LogP contribution in [0.3, 0.4) is 0 Å². The summed E-state index contributed by atoms with van der Waals surface area (Å²) in [6.07, 6.45) is 4.60. The van der Waals surface area contributed by atoms with Gasteiger partial charge in [0.1, 0.15) is 5.15 Å². The van der Waals surface area contributed by atoms with Crippen LogP contribution in [-0.4, -0.2) is 28.7 Å². The highest BCUT2D eigenvalue weighted by Gasteiger charge is 2.35. The van der Waals surface area contributed by atoms with Gasteiger partial charge in [-0.1, -0.05) is 48.2 Å². The molecule has 1 aromatic heterocycles. The third-order valence-corrected chi connectivity index (χ3v) is 5.37. The predicted molar refractivity (Wildman–Crippen MR) is 109 cm³/mol. The first-order valence-corrected chi connectivity index (χ1v) is 9.57. The maximum absolute atomic E-state index is 6.20. The van der Waals surface area contributed by atoms with Crippen LogP contribution in [0.1, 0.15) is 31.2 Å². The zero-order valence-electron chi connectivity index (χ0n) is 14.4. The van der Waals surface area contributed by atoms with Crippen molar-refractivity contribution in [3.8, 4) is 5.88 Å². The average Bonchev–Trinajstić information content (AvgIpc) is 3.10. The molecule has 0 saturated heterocycles. The van der Waals surface area contributed by atoms with Crippen LogP contribution in [0, 0.1) is 0 Å². The number of thiocarbonyl (C=S) groups is 1. The van der Waals surface area contributed by atoms with Crippen molar-refractivity contribution < 1.29 is 4.74 Å². The first-order chi connectivity index (χ1) is 12.5. The van der Waals surface area contributed by atoms with E-state index in [1.165, 1.54) is 31.6 Å². The molecule has 0 amide bonds. The molecule has 5 nitrogen and oxygen atoms in total. The molecule has 138 valence electrons. The van der Waals surface area contributed by atoms with E-state index in [4.69, 9.17) is 40.2 Å². The molecule has 2 aromatic rings. The minimum Gasteiger partial charge on any atom is -0.481 e. The second kappa shape index (κ2) is 8.37. The zero-order valence-corrected chi connectivity index (χ0v) is 16.7. The fraction of sp³-hybridized carbons (Fsp3) is 0.389. The molecule has 1 fully saturated rings. The molecular weight excluding hydrogens is 391 g/mol. The highest BCUT2D eigenvalue weighted by atomic mass is 35.5. The summed E-state index contributed by atoms with van der Waals surface area (Å²) in [5.41, 5.74) is 1.28. The third kappa shape index (κ3) is 4.55. The number of rotatable bonds is 5. The zero-order chi connectivity index (χ0) is 18.6. The Hall–Kier alpha value is -1.63. The summed E-state index contributed by atoms with van der Waals surface area (Å²) in [5.74, 6) is 0.677. The number of ether oxygens (including phenoxy) is 1. The van der Waals surface area contributed by atoms with Crippen LogP contribution in [0.2, 0.25) is 10.2 Å². The highest BCUT2D eigenvalue weighted by molar-refractivity contribution is 7.80. The fourth-order valence-electron chi connectivity index (χ4n) is 3.39. The molecule has 0 bridgehead atoms. The standard InChI is InChI=1S/C18H20Cl2N4OS/c1-25-15-10-14(20)22-16(23-15)24-17(26)21-11-18(7-2-3-8-18)12-5-4-6-13(19)9-12/h4-6,9-10H,2-3,7-8,11H2,1H3,(H2,21,22,23,24,26). The Morgan fingerprint density at radius 2 is 2.00 bits per heavy atom. The van der Waals surface area contributed by atoms with Crippen molar-refractivity contribution in [2.75, 3.05) is 19.0 Å². The van der Waals surface area contributed by atoms with Crippen molar-refractivity contribution in [3.63, 3.8) is 0 Å². The summed E-state index contributed by atoms with van der Waals surface area (Å²) in [5, 5.41) is 7.76. The number of anilines is 1. The van der Waals surface area contributed by atoms with Crippen LogP contribution >= 0.6 is 35.4 Å². The number of methoxy groups -OCH3 is 1. The van der Waals surface area contributed by atoms with Crippen LogP contribution in [0.5, 0.6) is 5.88 Å². The Morgan fingerprint density at radius 3 is 2.69 bits per heavy atom. The number of halogens is 2. The maximum atomic E-state index is 6.20. The smallest absolute Gasteiger partial charge is 0.233 e. The number of hydrogen-bond donors (Lipinski definition) is 2. The van der Waals surface area contributed by atoms with Crippen LogP contribution in [-0.2, 0) is 5.41 Å². The van der Waals surface area contributed by atoms with E-state index in [-0.39, 0.29) is 10.6 Å². The number of benzene rings is 1. The minimum atomic E-state index is 0.0313. The molecule has 0 unspecified atom stereocenters. The van der Waals surface area contributed by atoms with Gasteiger partial charge in [-0.25, -0.2) is 4.98 Å². The molecule has 0 atom stereocenters. The molecule has 1 aliphatic rings. The molecule has 8 heteroatoms. The van der Waals surface area contributed by atoms with Gasteiger partial charge >= 0.3 is 0 Å². The second-order valence-electron chi connectivity index (χ2n) is 6.36.